The van der Waals surface area contributed by atoms with Gasteiger partial charge < -0.3 is 0 Å². The van der Waals surface area contributed by atoms with Gasteiger partial charge in [-0.25, -0.2) is 0 Å². The number of fused-ring (bicyclic) bond motifs is 4. The molecule has 0 unspecified atom stereocenters. The molecule has 2 aromatic carbocycles. The van der Waals surface area contributed by atoms with Gasteiger partial charge in [-0.2, -0.15) is 0 Å². The van der Waals surface area contributed by atoms with E-state index in [0.717, 1.165) is 71.4 Å². The predicted molar refractivity (Wildman–Crippen MR) is 159 cm³/mol. The van der Waals surface area contributed by atoms with Gasteiger partial charge in [0.15, 0.2) is 0 Å². The molecule has 6 fully saturated rings. The average Bonchev–Trinajstić information content (AvgIpc) is 2.90. The molecule has 0 aromatic heterocycles. The first-order valence-corrected chi connectivity index (χ1v) is 24.5. The molecule has 0 radical (unpaired) electrons. The van der Waals surface area contributed by atoms with E-state index in [0.29, 0.717) is 40.7 Å². The van der Waals surface area contributed by atoms with Crippen LogP contribution in [-0.4, -0.2) is 56.2 Å². The second kappa shape index (κ2) is 10.8. The summed E-state index contributed by atoms with van der Waals surface area (Å²) in [6.45, 7) is 10.4. The average molecular weight is 743 g/mol. The Hall–Kier alpha value is 0.518. The molecule has 194 valence electrons. The first-order chi connectivity index (χ1) is 17.3. The number of hydrogen-bond acceptors (Lipinski definition) is 0. The van der Waals surface area contributed by atoms with Crippen LogP contribution >= 0.6 is 0 Å². The zero-order valence-electron chi connectivity index (χ0n) is 22.3. The SMILES string of the molecule is CC1(C)[C@H]2C[C@@H]([Se][Se][C@@H]3C[C@H]4C[C@@H]([C@@H]3C[Se]c3ccccc3)C4(C)C)[C@@H](C[Se]c3ccccc3)[C@@H]1C2. The molecular weight excluding hydrogens is 700 g/mol. The van der Waals surface area contributed by atoms with E-state index in [1.807, 2.05) is 0 Å². The Labute approximate surface area is 243 Å². The third kappa shape index (κ3) is 5.06. The van der Waals surface area contributed by atoms with Crippen LogP contribution in [0.4, 0.5) is 0 Å². The van der Waals surface area contributed by atoms with Crippen LogP contribution in [0.2, 0.25) is 20.3 Å². The fourth-order valence-corrected chi connectivity index (χ4v) is 25.9. The first kappa shape index (κ1) is 26.7. The third-order valence-electron chi connectivity index (χ3n) is 10.8. The summed E-state index contributed by atoms with van der Waals surface area (Å²) in [5.74, 6) is 6.13. The van der Waals surface area contributed by atoms with Gasteiger partial charge in [0.05, 0.1) is 0 Å². The van der Waals surface area contributed by atoms with E-state index in [1.165, 1.54) is 10.6 Å². The molecule has 0 spiro atoms. The molecule has 0 nitrogen and oxygen atoms in total. The summed E-state index contributed by atoms with van der Waals surface area (Å²) in [6, 6.07) is 22.9. The molecule has 36 heavy (non-hydrogen) atoms. The van der Waals surface area contributed by atoms with E-state index in [4.69, 9.17) is 0 Å². The van der Waals surface area contributed by atoms with Crippen molar-refractivity contribution in [2.45, 2.75) is 73.6 Å². The van der Waals surface area contributed by atoms with Crippen molar-refractivity contribution in [3.63, 3.8) is 0 Å². The Morgan fingerprint density at radius 1 is 0.583 bits per heavy atom. The van der Waals surface area contributed by atoms with Crippen molar-refractivity contribution in [1.29, 1.82) is 0 Å². The summed E-state index contributed by atoms with van der Waals surface area (Å²) in [5, 5.41) is 3.01. The van der Waals surface area contributed by atoms with Gasteiger partial charge in [-0.1, -0.05) is 0 Å². The fourth-order valence-electron chi connectivity index (χ4n) is 8.02. The van der Waals surface area contributed by atoms with Crippen molar-refractivity contribution >= 4 is 65.1 Å². The van der Waals surface area contributed by atoms with Crippen molar-refractivity contribution in [3.05, 3.63) is 60.7 Å². The molecule has 0 heterocycles. The maximum absolute atomic E-state index is 2.61. The first-order valence-electron chi connectivity index (χ1n) is 14.0. The van der Waals surface area contributed by atoms with Gasteiger partial charge in [0.1, 0.15) is 0 Å². The topological polar surface area (TPSA) is 0 Å². The monoisotopic (exact) mass is 746 g/mol. The minimum absolute atomic E-state index is 0.619. The summed E-state index contributed by atoms with van der Waals surface area (Å²) in [4.78, 5) is 2.18. The molecule has 0 amide bonds. The van der Waals surface area contributed by atoms with Gasteiger partial charge in [-0.05, 0) is 0 Å². The fraction of sp³-hybridized carbons (Fsp3) is 0.625. The Kier molecular flexibility index (Phi) is 8.04. The molecule has 6 aliphatic rings. The summed E-state index contributed by atoms with van der Waals surface area (Å²) in [5.41, 5.74) is 1.24. The zero-order valence-corrected chi connectivity index (χ0v) is 29.1. The Morgan fingerprint density at radius 3 is 1.33 bits per heavy atom. The Morgan fingerprint density at radius 2 is 0.972 bits per heavy atom. The molecule has 8 atom stereocenters. The van der Waals surface area contributed by atoms with Crippen LogP contribution in [0.5, 0.6) is 0 Å². The summed E-state index contributed by atoms with van der Waals surface area (Å²) < 4.78 is 3.25. The van der Waals surface area contributed by atoms with E-state index in [-0.39, 0.29) is 0 Å². The van der Waals surface area contributed by atoms with Crippen LogP contribution in [0.1, 0.15) is 53.4 Å². The van der Waals surface area contributed by atoms with Crippen LogP contribution in [0.15, 0.2) is 60.7 Å². The molecule has 6 saturated carbocycles. The molecule has 6 aliphatic carbocycles. The van der Waals surface area contributed by atoms with Crippen molar-refractivity contribution in [2.75, 3.05) is 0 Å². The van der Waals surface area contributed by atoms with Crippen LogP contribution in [0, 0.1) is 46.3 Å². The molecule has 0 N–H and O–H groups in total. The van der Waals surface area contributed by atoms with Gasteiger partial charge in [-0.15, -0.1) is 0 Å². The number of hydrogen-bond donors (Lipinski definition) is 0. The summed E-state index contributed by atoms with van der Waals surface area (Å²) >= 11 is 3.11. The molecule has 2 aromatic rings. The quantitative estimate of drug-likeness (QED) is 0.271. The Balaban J connectivity index is 1.12. The molecule has 8 rings (SSSR count). The van der Waals surface area contributed by atoms with Gasteiger partial charge in [0.2, 0.25) is 0 Å². The van der Waals surface area contributed by atoms with Crippen LogP contribution in [0.3, 0.4) is 0 Å². The van der Waals surface area contributed by atoms with Crippen molar-refractivity contribution < 1.29 is 0 Å². The summed E-state index contributed by atoms with van der Waals surface area (Å²) in [6.07, 6.45) is 6.24. The molecule has 4 heteroatoms. The second-order valence-corrected chi connectivity index (χ2v) is 25.2. The van der Waals surface area contributed by atoms with E-state index in [9.17, 15) is 0 Å². The minimum atomic E-state index is 0.619. The van der Waals surface area contributed by atoms with Crippen LogP contribution in [0.25, 0.3) is 0 Å². The van der Waals surface area contributed by atoms with Crippen LogP contribution in [-0.2, 0) is 0 Å². The molecule has 0 saturated heterocycles. The van der Waals surface area contributed by atoms with E-state index >= 15 is 0 Å². The van der Waals surface area contributed by atoms with E-state index in [1.54, 1.807) is 34.6 Å². The normalized spacial score (nSPS) is 37.6. The standard InChI is InChI=1S/C32H42Se4/c1-31(2)21-15-27(31)25(19-33-23-11-7-5-8-12-23)29(17-21)35-36-30-18-22-16-28(32(22,3)4)26(30)20-34-24-13-9-6-10-14-24/h5-14,21-22,25-30H,15-20H2,1-4H3/t21-,22-,25+,26+,27+,28+,29-,30-/m1/s1. The van der Waals surface area contributed by atoms with E-state index in [2.05, 4.69) is 88.4 Å². The predicted octanol–water partition coefficient (Wildman–Crippen LogP) is 6.15. The number of rotatable bonds is 9. The van der Waals surface area contributed by atoms with Gasteiger partial charge >= 0.3 is 246 Å². The maximum atomic E-state index is 2.61. The van der Waals surface area contributed by atoms with Crippen molar-refractivity contribution in [1.82, 2.24) is 0 Å². The van der Waals surface area contributed by atoms with Gasteiger partial charge in [0, 0.05) is 0 Å². The van der Waals surface area contributed by atoms with Gasteiger partial charge in [-0.3, -0.25) is 0 Å². The van der Waals surface area contributed by atoms with Crippen molar-refractivity contribution in [2.24, 2.45) is 46.3 Å². The molecule has 0 aliphatic heterocycles. The van der Waals surface area contributed by atoms with Crippen LogP contribution < -0.4 is 8.92 Å². The zero-order chi connectivity index (χ0) is 24.9. The molecular formula is C32H42Se4. The van der Waals surface area contributed by atoms with Gasteiger partial charge in [0.25, 0.3) is 0 Å². The van der Waals surface area contributed by atoms with Crippen molar-refractivity contribution in [3.8, 4) is 0 Å². The summed E-state index contributed by atoms with van der Waals surface area (Å²) in [7, 11) is 0. The third-order valence-corrected chi connectivity index (χ3v) is 25.8. The van der Waals surface area contributed by atoms with E-state index < -0.39 is 0 Å². The Bertz CT molecular complexity index is 935. The second-order valence-electron chi connectivity index (χ2n) is 13.0. The number of benzene rings is 2. The molecule has 4 bridgehead atoms.